The predicted molar refractivity (Wildman–Crippen MR) is 89.3 cm³/mol. The van der Waals surface area contributed by atoms with Crippen LogP contribution >= 0.6 is 0 Å². The second-order valence-electron chi connectivity index (χ2n) is 6.09. The average molecular weight is 320 g/mol. The number of rotatable bonds is 11. The quantitative estimate of drug-likeness (QED) is 0.332. The summed E-state index contributed by atoms with van der Waals surface area (Å²) in [7, 11) is 0. The highest BCUT2D eigenvalue weighted by Crippen LogP contribution is 2.34. The third-order valence-electron chi connectivity index (χ3n) is 4.11. The Bertz CT molecular complexity index is 454. The van der Waals surface area contributed by atoms with Crippen molar-refractivity contribution in [2.45, 2.75) is 64.1 Å². The lowest BCUT2D eigenvalue weighted by atomic mass is 10.0. The maximum absolute atomic E-state index is 11.3. The first kappa shape index (κ1) is 17.8. The number of epoxide rings is 1. The highest BCUT2D eigenvalue weighted by atomic mass is 16.8. The third kappa shape index (κ3) is 7.04. The molecule has 1 atom stereocenters. The summed E-state index contributed by atoms with van der Waals surface area (Å²) in [5.41, 5.74) is 1.43. The molecule has 1 fully saturated rings. The molecule has 1 unspecified atom stereocenters. The van der Waals surface area contributed by atoms with Crippen molar-refractivity contribution in [1.82, 2.24) is 0 Å². The SMILES string of the molecule is CCOC(=O)OC1(CCCCCCCCc2ccccc2)CO1. The fourth-order valence-corrected chi connectivity index (χ4v) is 2.71. The molecule has 4 heteroatoms. The minimum atomic E-state index is -0.681. The second kappa shape index (κ2) is 9.56. The molecule has 0 amide bonds. The zero-order valence-corrected chi connectivity index (χ0v) is 14.1. The normalized spacial score (nSPS) is 19.3. The van der Waals surface area contributed by atoms with Gasteiger partial charge in [0, 0.05) is 6.42 Å². The third-order valence-corrected chi connectivity index (χ3v) is 4.11. The van der Waals surface area contributed by atoms with E-state index in [9.17, 15) is 4.79 Å². The number of hydrogen-bond donors (Lipinski definition) is 0. The zero-order valence-electron chi connectivity index (χ0n) is 14.1. The molecule has 1 saturated heterocycles. The van der Waals surface area contributed by atoms with Crippen molar-refractivity contribution in [1.29, 1.82) is 0 Å². The van der Waals surface area contributed by atoms with E-state index in [4.69, 9.17) is 14.2 Å². The number of hydrogen-bond acceptors (Lipinski definition) is 4. The van der Waals surface area contributed by atoms with Crippen LogP contribution < -0.4 is 0 Å². The zero-order chi connectivity index (χ0) is 16.4. The predicted octanol–water partition coefficient (Wildman–Crippen LogP) is 4.86. The average Bonchev–Trinajstić information content (AvgIpc) is 3.30. The van der Waals surface area contributed by atoms with Gasteiger partial charge < -0.3 is 14.2 Å². The van der Waals surface area contributed by atoms with Crippen LogP contribution in [-0.4, -0.2) is 25.2 Å². The Hall–Kier alpha value is -1.55. The summed E-state index contributed by atoms with van der Waals surface area (Å²) in [4.78, 5) is 11.3. The van der Waals surface area contributed by atoms with Crippen molar-refractivity contribution in [2.75, 3.05) is 13.2 Å². The van der Waals surface area contributed by atoms with Gasteiger partial charge in [-0.05, 0) is 31.7 Å². The van der Waals surface area contributed by atoms with Crippen LogP contribution in [0.5, 0.6) is 0 Å². The molecule has 1 aromatic carbocycles. The molecular formula is C19H28O4. The van der Waals surface area contributed by atoms with Gasteiger partial charge in [0.2, 0.25) is 5.79 Å². The molecule has 0 aliphatic carbocycles. The van der Waals surface area contributed by atoms with Crippen molar-refractivity contribution in [3.05, 3.63) is 35.9 Å². The molecule has 1 heterocycles. The van der Waals surface area contributed by atoms with Crippen LogP contribution in [0.25, 0.3) is 0 Å². The van der Waals surface area contributed by atoms with E-state index in [0.29, 0.717) is 13.2 Å². The van der Waals surface area contributed by atoms with Gasteiger partial charge in [-0.1, -0.05) is 56.0 Å². The lowest BCUT2D eigenvalue weighted by Gasteiger charge is -2.12. The highest BCUT2D eigenvalue weighted by molar-refractivity contribution is 5.60. The van der Waals surface area contributed by atoms with Crippen LogP contribution in [0.1, 0.15) is 57.4 Å². The van der Waals surface area contributed by atoms with Crippen LogP contribution in [0.3, 0.4) is 0 Å². The molecule has 0 saturated carbocycles. The minimum absolute atomic E-state index is 0.331. The van der Waals surface area contributed by atoms with E-state index in [0.717, 1.165) is 19.3 Å². The van der Waals surface area contributed by atoms with E-state index in [1.807, 2.05) is 0 Å². The number of benzene rings is 1. The van der Waals surface area contributed by atoms with Crippen LogP contribution in [0.2, 0.25) is 0 Å². The Morgan fingerprint density at radius 1 is 1.09 bits per heavy atom. The van der Waals surface area contributed by atoms with Crippen LogP contribution in [0.15, 0.2) is 30.3 Å². The first-order valence-corrected chi connectivity index (χ1v) is 8.78. The summed E-state index contributed by atoms with van der Waals surface area (Å²) < 4.78 is 15.3. The largest absolute Gasteiger partial charge is 0.510 e. The van der Waals surface area contributed by atoms with Crippen LogP contribution in [-0.2, 0) is 20.6 Å². The van der Waals surface area contributed by atoms with Crippen molar-refractivity contribution in [2.24, 2.45) is 0 Å². The molecule has 128 valence electrons. The summed E-state index contributed by atoms with van der Waals surface area (Å²) in [6.07, 6.45) is 8.52. The molecule has 1 aromatic rings. The van der Waals surface area contributed by atoms with Gasteiger partial charge in [-0.25, -0.2) is 4.79 Å². The van der Waals surface area contributed by atoms with Gasteiger partial charge in [0.05, 0.1) is 6.61 Å². The number of ether oxygens (including phenoxy) is 3. The molecule has 0 spiro atoms. The van der Waals surface area contributed by atoms with Crippen molar-refractivity contribution in [3.8, 4) is 0 Å². The first-order chi connectivity index (χ1) is 11.2. The van der Waals surface area contributed by atoms with Crippen molar-refractivity contribution >= 4 is 6.16 Å². The lowest BCUT2D eigenvalue weighted by Crippen LogP contribution is -2.22. The summed E-state index contributed by atoms with van der Waals surface area (Å²) >= 11 is 0. The van der Waals surface area contributed by atoms with E-state index in [-0.39, 0.29) is 0 Å². The maximum Gasteiger partial charge on any atom is 0.510 e. The molecular weight excluding hydrogens is 292 g/mol. The van der Waals surface area contributed by atoms with Gasteiger partial charge in [-0.15, -0.1) is 0 Å². The lowest BCUT2D eigenvalue weighted by molar-refractivity contribution is -0.0381. The molecule has 23 heavy (non-hydrogen) atoms. The van der Waals surface area contributed by atoms with Crippen LogP contribution in [0, 0.1) is 0 Å². The van der Waals surface area contributed by atoms with Gasteiger partial charge in [0.25, 0.3) is 0 Å². The first-order valence-electron chi connectivity index (χ1n) is 8.78. The Balaban J connectivity index is 1.44. The molecule has 1 aliphatic rings. The van der Waals surface area contributed by atoms with Gasteiger partial charge >= 0.3 is 6.16 Å². The number of unbranched alkanes of at least 4 members (excludes halogenated alkanes) is 5. The summed E-state index contributed by atoms with van der Waals surface area (Å²) in [6.45, 7) is 2.60. The van der Waals surface area contributed by atoms with Crippen molar-refractivity contribution in [3.63, 3.8) is 0 Å². The van der Waals surface area contributed by atoms with E-state index in [1.165, 1.54) is 37.7 Å². The van der Waals surface area contributed by atoms with Crippen molar-refractivity contribution < 1.29 is 19.0 Å². The Morgan fingerprint density at radius 3 is 2.39 bits per heavy atom. The fourth-order valence-electron chi connectivity index (χ4n) is 2.71. The minimum Gasteiger partial charge on any atom is -0.435 e. The summed E-state index contributed by atoms with van der Waals surface area (Å²) in [5.74, 6) is -0.681. The smallest absolute Gasteiger partial charge is 0.435 e. The molecule has 0 radical (unpaired) electrons. The number of carbonyl (C=O) groups excluding carboxylic acids is 1. The second-order valence-corrected chi connectivity index (χ2v) is 6.09. The van der Waals surface area contributed by atoms with Gasteiger partial charge in [-0.2, -0.15) is 0 Å². The highest BCUT2D eigenvalue weighted by Gasteiger charge is 2.49. The van der Waals surface area contributed by atoms with E-state index in [1.54, 1.807) is 6.92 Å². The molecule has 0 N–H and O–H groups in total. The van der Waals surface area contributed by atoms with Gasteiger partial charge in [0.1, 0.15) is 6.61 Å². The topological polar surface area (TPSA) is 48.1 Å². The number of aryl methyl sites for hydroxylation is 1. The van der Waals surface area contributed by atoms with E-state index < -0.39 is 11.9 Å². The standard InChI is InChI=1S/C19H28O4/c1-2-21-18(20)23-19(16-22-19)15-11-6-4-3-5-8-12-17-13-9-7-10-14-17/h7,9-10,13-14H,2-6,8,11-12,15-16H2,1H3. The fraction of sp³-hybridized carbons (Fsp3) is 0.632. The molecule has 0 bridgehead atoms. The molecule has 1 aliphatic heterocycles. The van der Waals surface area contributed by atoms with Gasteiger partial charge in [0.15, 0.2) is 0 Å². The van der Waals surface area contributed by atoms with Gasteiger partial charge in [-0.3, -0.25) is 0 Å². The number of carbonyl (C=O) groups is 1. The summed E-state index contributed by atoms with van der Waals surface area (Å²) in [6, 6.07) is 10.6. The van der Waals surface area contributed by atoms with E-state index in [2.05, 4.69) is 30.3 Å². The Kier molecular flexibility index (Phi) is 7.40. The summed E-state index contributed by atoms with van der Waals surface area (Å²) in [5, 5.41) is 0. The molecule has 0 aromatic heterocycles. The molecule has 4 nitrogen and oxygen atoms in total. The Labute approximate surface area is 139 Å². The van der Waals surface area contributed by atoms with Crippen LogP contribution in [0.4, 0.5) is 4.79 Å². The monoisotopic (exact) mass is 320 g/mol. The maximum atomic E-state index is 11.3. The molecule has 2 rings (SSSR count). The van der Waals surface area contributed by atoms with E-state index >= 15 is 0 Å². The Morgan fingerprint density at radius 2 is 1.74 bits per heavy atom.